The highest BCUT2D eigenvalue weighted by molar-refractivity contribution is 7.89. The van der Waals surface area contributed by atoms with E-state index >= 15 is 0 Å². The molecule has 0 aliphatic carbocycles. The normalized spacial score (nSPS) is 10.5. The summed E-state index contributed by atoms with van der Waals surface area (Å²) < 4.78 is 27.0. The van der Waals surface area contributed by atoms with Gasteiger partial charge in [-0.1, -0.05) is 0 Å². The minimum Gasteiger partial charge on any atom is -0.495 e. The molecule has 15 heavy (non-hydrogen) atoms. The van der Waals surface area contributed by atoms with Gasteiger partial charge < -0.3 is 4.74 Å². The van der Waals surface area contributed by atoms with Crippen LogP contribution in [0.1, 0.15) is 0 Å². The van der Waals surface area contributed by atoms with Crippen LogP contribution in [0.5, 0.6) is 5.75 Å². The van der Waals surface area contributed by atoms with Crippen molar-refractivity contribution >= 4 is 21.8 Å². The Morgan fingerprint density at radius 3 is 2.60 bits per heavy atom. The zero-order valence-corrected chi connectivity index (χ0v) is 8.61. The molecule has 0 aromatic heterocycles. The van der Waals surface area contributed by atoms with Gasteiger partial charge >= 0.3 is 0 Å². The van der Waals surface area contributed by atoms with Crippen LogP contribution >= 0.6 is 0 Å². The second-order valence-electron chi connectivity index (χ2n) is 2.58. The number of ether oxygens (including phenoxy) is 1. The van der Waals surface area contributed by atoms with E-state index < -0.39 is 10.0 Å². The summed E-state index contributed by atoms with van der Waals surface area (Å²) in [5.41, 5.74) is 0.245. The molecule has 80 valence electrons. The van der Waals surface area contributed by atoms with Crippen LogP contribution < -0.4 is 9.88 Å². The lowest BCUT2D eigenvalue weighted by Crippen LogP contribution is -2.13. The summed E-state index contributed by atoms with van der Waals surface area (Å²) in [7, 11) is -2.55. The Morgan fingerprint density at radius 2 is 2.13 bits per heavy atom. The monoisotopic (exact) mass is 228 g/mol. The minimum absolute atomic E-state index is 0.0361. The molecule has 0 spiro atoms. The molecule has 0 saturated heterocycles. The van der Waals surface area contributed by atoms with E-state index in [9.17, 15) is 13.2 Å². The fraction of sp³-hybridized carbons (Fsp3) is 0.125. The SMILES string of the molecule is COc1cc(N=C=O)ccc1S(N)(=O)=O. The molecule has 0 radical (unpaired) electrons. The van der Waals surface area contributed by atoms with Crippen molar-refractivity contribution < 1.29 is 17.9 Å². The maximum absolute atomic E-state index is 11.1. The van der Waals surface area contributed by atoms with Crippen LogP contribution in [0, 0.1) is 0 Å². The van der Waals surface area contributed by atoms with E-state index in [-0.39, 0.29) is 16.3 Å². The first-order valence-electron chi connectivity index (χ1n) is 3.77. The number of hydrogen-bond acceptors (Lipinski definition) is 5. The van der Waals surface area contributed by atoms with Crippen LogP contribution in [0.3, 0.4) is 0 Å². The van der Waals surface area contributed by atoms with Crippen LogP contribution in [-0.4, -0.2) is 21.6 Å². The fourth-order valence-electron chi connectivity index (χ4n) is 1.01. The molecule has 0 bridgehead atoms. The highest BCUT2D eigenvalue weighted by Gasteiger charge is 2.14. The smallest absolute Gasteiger partial charge is 0.241 e. The molecule has 1 rings (SSSR count). The molecule has 0 heterocycles. The molecule has 6 nitrogen and oxygen atoms in total. The molecule has 0 aliphatic rings. The largest absolute Gasteiger partial charge is 0.495 e. The lowest BCUT2D eigenvalue weighted by Gasteiger charge is -2.06. The number of aliphatic imine (C=N–C) groups is 1. The third-order valence-electron chi connectivity index (χ3n) is 1.63. The zero-order chi connectivity index (χ0) is 11.5. The lowest BCUT2D eigenvalue weighted by molar-refractivity contribution is 0.403. The Balaban J connectivity index is 3.40. The van der Waals surface area contributed by atoms with Crippen LogP contribution in [0.4, 0.5) is 5.69 Å². The van der Waals surface area contributed by atoms with Crippen molar-refractivity contribution in [1.82, 2.24) is 0 Å². The maximum Gasteiger partial charge on any atom is 0.241 e. The van der Waals surface area contributed by atoms with Crippen molar-refractivity contribution in [2.75, 3.05) is 7.11 Å². The predicted molar refractivity (Wildman–Crippen MR) is 52.1 cm³/mol. The first-order chi connectivity index (χ1) is 6.99. The molecular formula is C8H8N2O4S. The quantitative estimate of drug-likeness (QED) is 0.594. The standard InChI is InChI=1S/C8H8N2O4S/c1-14-7-4-6(10-5-11)2-3-8(7)15(9,12)13/h2-4H,1H3,(H2,9,12,13). The van der Waals surface area contributed by atoms with E-state index in [1.165, 1.54) is 31.4 Å². The van der Waals surface area contributed by atoms with Crippen LogP contribution in [0.15, 0.2) is 28.1 Å². The van der Waals surface area contributed by atoms with Gasteiger partial charge in [-0.05, 0) is 12.1 Å². The van der Waals surface area contributed by atoms with Gasteiger partial charge in [-0.2, -0.15) is 4.99 Å². The van der Waals surface area contributed by atoms with Crippen LogP contribution in [0.2, 0.25) is 0 Å². The van der Waals surface area contributed by atoms with E-state index in [0.717, 1.165) is 0 Å². The summed E-state index contributed by atoms with van der Waals surface area (Å²) in [4.78, 5) is 13.1. The Morgan fingerprint density at radius 1 is 1.47 bits per heavy atom. The number of hydrogen-bond donors (Lipinski definition) is 1. The number of benzene rings is 1. The molecule has 0 aliphatic heterocycles. The van der Waals surface area contributed by atoms with Gasteiger partial charge in [0.05, 0.1) is 12.8 Å². The summed E-state index contributed by atoms with van der Waals surface area (Å²) in [5, 5.41) is 4.94. The number of primary sulfonamides is 1. The topological polar surface area (TPSA) is 98.8 Å². The average molecular weight is 228 g/mol. The average Bonchev–Trinajstić information content (AvgIpc) is 2.16. The molecule has 0 amide bonds. The third-order valence-corrected chi connectivity index (χ3v) is 2.58. The second kappa shape index (κ2) is 4.22. The van der Waals surface area contributed by atoms with E-state index in [2.05, 4.69) is 4.99 Å². The van der Waals surface area contributed by atoms with Gasteiger partial charge in [0, 0.05) is 6.07 Å². The zero-order valence-electron chi connectivity index (χ0n) is 7.80. The summed E-state index contributed by atoms with van der Waals surface area (Å²) in [6, 6.07) is 3.82. The van der Waals surface area contributed by atoms with Gasteiger partial charge in [-0.15, -0.1) is 0 Å². The molecule has 1 aromatic rings. The van der Waals surface area contributed by atoms with Crippen molar-refractivity contribution in [1.29, 1.82) is 0 Å². The summed E-state index contributed by atoms with van der Waals surface area (Å²) in [5.74, 6) is 0.0361. The van der Waals surface area contributed by atoms with Gasteiger partial charge in [0.1, 0.15) is 10.6 Å². The molecule has 7 heteroatoms. The molecule has 1 aromatic carbocycles. The van der Waals surface area contributed by atoms with Crippen molar-refractivity contribution in [3.05, 3.63) is 18.2 Å². The van der Waals surface area contributed by atoms with Crippen LogP contribution in [0.25, 0.3) is 0 Å². The third kappa shape index (κ3) is 2.63. The number of isocyanates is 1. The van der Waals surface area contributed by atoms with Crippen LogP contribution in [-0.2, 0) is 14.8 Å². The first-order valence-corrected chi connectivity index (χ1v) is 5.32. The Labute approximate surface area is 86.4 Å². The predicted octanol–water partition coefficient (Wildman–Crippen LogP) is 0.310. The van der Waals surface area contributed by atoms with Gasteiger partial charge in [-0.3, -0.25) is 0 Å². The Hall–Kier alpha value is -1.69. The van der Waals surface area contributed by atoms with E-state index in [0.29, 0.717) is 0 Å². The number of carbonyl (C=O) groups excluding carboxylic acids is 1. The first kappa shape index (κ1) is 11.4. The lowest BCUT2D eigenvalue weighted by atomic mass is 10.3. The molecule has 0 fully saturated rings. The summed E-state index contributed by atoms with van der Waals surface area (Å²) in [6.07, 6.45) is 1.33. The Bertz CT molecular complexity index is 517. The maximum atomic E-state index is 11.1. The highest BCUT2D eigenvalue weighted by Crippen LogP contribution is 2.27. The number of methoxy groups -OCH3 is 1. The van der Waals surface area contributed by atoms with Crippen molar-refractivity contribution in [3.63, 3.8) is 0 Å². The summed E-state index contributed by atoms with van der Waals surface area (Å²) in [6.45, 7) is 0. The Kier molecular flexibility index (Phi) is 3.21. The van der Waals surface area contributed by atoms with E-state index in [4.69, 9.17) is 9.88 Å². The van der Waals surface area contributed by atoms with Gasteiger partial charge in [0.15, 0.2) is 0 Å². The number of nitrogens with zero attached hydrogens (tertiary/aromatic N) is 1. The molecule has 2 N–H and O–H groups in total. The van der Waals surface area contributed by atoms with Gasteiger partial charge in [0.25, 0.3) is 0 Å². The molecular weight excluding hydrogens is 220 g/mol. The molecule has 0 saturated carbocycles. The molecule has 0 unspecified atom stereocenters. The van der Waals surface area contributed by atoms with Crippen molar-refractivity contribution in [2.45, 2.75) is 4.90 Å². The number of nitrogens with two attached hydrogens (primary N) is 1. The van der Waals surface area contributed by atoms with Gasteiger partial charge in [0.2, 0.25) is 16.1 Å². The highest BCUT2D eigenvalue weighted by atomic mass is 32.2. The summed E-state index contributed by atoms with van der Waals surface area (Å²) >= 11 is 0. The number of sulfonamides is 1. The second-order valence-corrected chi connectivity index (χ2v) is 4.11. The number of rotatable bonds is 3. The van der Waals surface area contributed by atoms with E-state index in [1.54, 1.807) is 0 Å². The van der Waals surface area contributed by atoms with Crippen molar-refractivity contribution in [2.24, 2.45) is 10.1 Å². The fourth-order valence-corrected chi connectivity index (χ4v) is 1.69. The van der Waals surface area contributed by atoms with Crippen molar-refractivity contribution in [3.8, 4) is 5.75 Å². The van der Waals surface area contributed by atoms with E-state index in [1.807, 2.05) is 0 Å². The minimum atomic E-state index is -3.84. The molecule has 0 atom stereocenters. The van der Waals surface area contributed by atoms with Gasteiger partial charge in [-0.25, -0.2) is 18.4 Å².